The lowest BCUT2D eigenvalue weighted by atomic mass is 10.1. The molecule has 1 aromatic heterocycles. The maximum Gasteiger partial charge on any atom is 0.227 e. The Hall–Kier alpha value is -2.17. The molecular formula is C17H20FN3O. The first-order valence-electron chi connectivity index (χ1n) is 7.61. The normalized spacial score (nSPS) is 14.3. The highest BCUT2D eigenvalue weighted by Crippen LogP contribution is 2.21. The van der Waals surface area contributed by atoms with Gasteiger partial charge in [-0.05, 0) is 31.5 Å². The summed E-state index contributed by atoms with van der Waals surface area (Å²) in [4.78, 5) is 18.8. The Balaban J connectivity index is 1.72. The molecule has 5 heteroatoms. The van der Waals surface area contributed by atoms with Gasteiger partial charge in [0, 0.05) is 19.0 Å². The number of rotatable bonds is 3. The van der Waals surface area contributed by atoms with E-state index in [9.17, 15) is 9.18 Å². The third-order valence-electron chi connectivity index (χ3n) is 4.12. The fraction of sp³-hybridized carbons (Fsp3) is 0.412. The fourth-order valence-electron chi connectivity index (χ4n) is 2.85. The van der Waals surface area contributed by atoms with E-state index in [0.29, 0.717) is 25.6 Å². The summed E-state index contributed by atoms with van der Waals surface area (Å²) < 4.78 is 15.1. The third-order valence-corrected chi connectivity index (χ3v) is 4.12. The number of carbonyl (C=O) groups is 1. The van der Waals surface area contributed by atoms with Crippen molar-refractivity contribution >= 4 is 5.91 Å². The highest BCUT2D eigenvalue weighted by molar-refractivity contribution is 5.79. The van der Waals surface area contributed by atoms with E-state index in [0.717, 1.165) is 23.4 Å². The van der Waals surface area contributed by atoms with Gasteiger partial charge in [0.25, 0.3) is 0 Å². The van der Waals surface area contributed by atoms with Crippen molar-refractivity contribution < 1.29 is 9.18 Å². The molecule has 116 valence electrons. The summed E-state index contributed by atoms with van der Waals surface area (Å²) in [5.74, 6) is -0.201. The number of benzene rings is 1. The van der Waals surface area contributed by atoms with E-state index in [2.05, 4.69) is 23.4 Å². The number of hydrogen-bond donors (Lipinski definition) is 0. The molecule has 0 N–H and O–H groups in total. The maximum absolute atomic E-state index is 12.9. The Morgan fingerprint density at radius 2 is 2.05 bits per heavy atom. The van der Waals surface area contributed by atoms with Crippen LogP contribution in [0.3, 0.4) is 0 Å². The Bertz CT molecular complexity index is 676. The van der Waals surface area contributed by atoms with Crippen LogP contribution in [0.4, 0.5) is 4.39 Å². The van der Waals surface area contributed by atoms with Crippen LogP contribution in [0.15, 0.2) is 30.6 Å². The second-order valence-electron chi connectivity index (χ2n) is 6.01. The molecule has 0 unspecified atom stereocenters. The molecule has 0 fully saturated rings. The summed E-state index contributed by atoms with van der Waals surface area (Å²) in [6.45, 7) is 5.53. The molecule has 0 saturated heterocycles. The quantitative estimate of drug-likeness (QED) is 0.874. The summed E-state index contributed by atoms with van der Waals surface area (Å²) in [6, 6.07) is 6.46. The minimum atomic E-state index is -0.278. The van der Waals surface area contributed by atoms with Crippen LogP contribution in [0.2, 0.25) is 0 Å². The maximum atomic E-state index is 12.9. The molecule has 1 aromatic carbocycles. The third kappa shape index (κ3) is 2.89. The highest BCUT2D eigenvalue weighted by Gasteiger charge is 2.25. The van der Waals surface area contributed by atoms with Crippen molar-refractivity contribution in [3.05, 3.63) is 53.4 Å². The molecule has 0 radical (unpaired) electrons. The van der Waals surface area contributed by atoms with Crippen molar-refractivity contribution in [3.63, 3.8) is 0 Å². The number of amides is 1. The molecule has 0 atom stereocenters. The zero-order chi connectivity index (χ0) is 15.7. The lowest BCUT2D eigenvalue weighted by molar-refractivity contribution is -0.131. The lowest BCUT2D eigenvalue weighted by Crippen LogP contribution is -2.37. The molecule has 1 aliphatic heterocycles. The Morgan fingerprint density at radius 1 is 1.32 bits per heavy atom. The number of imidazole rings is 1. The molecule has 22 heavy (non-hydrogen) atoms. The minimum absolute atomic E-state index is 0.0776. The second-order valence-corrected chi connectivity index (χ2v) is 6.01. The van der Waals surface area contributed by atoms with Gasteiger partial charge in [-0.2, -0.15) is 0 Å². The van der Waals surface area contributed by atoms with Crippen molar-refractivity contribution in [1.29, 1.82) is 0 Å². The van der Waals surface area contributed by atoms with Crippen molar-refractivity contribution in [3.8, 4) is 0 Å². The molecular weight excluding hydrogens is 281 g/mol. The molecule has 0 aliphatic carbocycles. The van der Waals surface area contributed by atoms with Gasteiger partial charge >= 0.3 is 0 Å². The van der Waals surface area contributed by atoms with Crippen molar-refractivity contribution in [2.24, 2.45) is 0 Å². The number of halogens is 1. The first-order chi connectivity index (χ1) is 10.5. The van der Waals surface area contributed by atoms with E-state index in [4.69, 9.17) is 0 Å². The average Bonchev–Trinajstić information content (AvgIpc) is 2.92. The topological polar surface area (TPSA) is 38.1 Å². The largest absolute Gasteiger partial charge is 0.336 e. The lowest BCUT2D eigenvalue weighted by Gasteiger charge is -2.28. The van der Waals surface area contributed by atoms with Crippen LogP contribution in [0.1, 0.15) is 36.8 Å². The summed E-state index contributed by atoms with van der Waals surface area (Å²) >= 11 is 0. The van der Waals surface area contributed by atoms with Crippen molar-refractivity contribution in [2.45, 2.75) is 39.3 Å². The molecule has 0 saturated carbocycles. The van der Waals surface area contributed by atoms with Crippen LogP contribution in [-0.4, -0.2) is 26.9 Å². The molecule has 3 rings (SSSR count). The Kier molecular flexibility index (Phi) is 3.96. The fourth-order valence-corrected chi connectivity index (χ4v) is 2.85. The summed E-state index contributed by atoms with van der Waals surface area (Å²) in [6.07, 6.45) is 2.97. The summed E-state index contributed by atoms with van der Waals surface area (Å²) in [5, 5.41) is 0. The minimum Gasteiger partial charge on any atom is -0.336 e. The van der Waals surface area contributed by atoms with Crippen molar-refractivity contribution in [2.75, 3.05) is 6.54 Å². The van der Waals surface area contributed by atoms with E-state index >= 15 is 0 Å². The van der Waals surface area contributed by atoms with E-state index < -0.39 is 0 Å². The van der Waals surface area contributed by atoms with Gasteiger partial charge in [-0.1, -0.05) is 12.1 Å². The molecule has 1 amide bonds. The predicted octanol–water partition coefficient (Wildman–Crippen LogP) is 2.73. The molecule has 1 aliphatic rings. The van der Waals surface area contributed by atoms with Gasteiger partial charge in [0.1, 0.15) is 5.82 Å². The monoisotopic (exact) mass is 301 g/mol. The second kappa shape index (κ2) is 5.91. The first kappa shape index (κ1) is 14.8. The SMILES string of the molecule is CC(C)n1cnc2c1CN(C(=O)Cc1ccc(F)cc1)CC2. The predicted molar refractivity (Wildman–Crippen MR) is 81.8 cm³/mol. The van der Waals surface area contributed by atoms with Crippen LogP contribution in [0, 0.1) is 5.82 Å². The van der Waals surface area contributed by atoms with Crippen LogP contribution < -0.4 is 0 Å². The van der Waals surface area contributed by atoms with Gasteiger partial charge in [-0.15, -0.1) is 0 Å². The van der Waals surface area contributed by atoms with Gasteiger partial charge in [0.05, 0.1) is 30.7 Å². The van der Waals surface area contributed by atoms with Crippen LogP contribution in [-0.2, 0) is 24.2 Å². The average molecular weight is 301 g/mol. The van der Waals surface area contributed by atoms with Crippen LogP contribution in [0.25, 0.3) is 0 Å². The first-order valence-corrected chi connectivity index (χ1v) is 7.61. The Morgan fingerprint density at radius 3 is 2.73 bits per heavy atom. The number of aromatic nitrogens is 2. The van der Waals surface area contributed by atoms with E-state index in [1.54, 1.807) is 12.1 Å². The van der Waals surface area contributed by atoms with Crippen LogP contribution >= 0.6 is 0 Å². The van der Waals surface area contributed by atoms with Gasteiger partial charge < -0.3 is 9.47 Å². The van der Waals surface area contributed by atoms with E-state index in [1.165, 1.54) is 12.1 Å². The van der Waals surface area contributed by atoms with E-state index in [-0.39, 0.29) is 11.7 Å². The molecule has 4 nitrogen and oxygen atoms in total. The number of hydrogen-bond acceptors (Lipinski definition) is 2. The molecule has 0 spiro atoms. The summed E-state index contributed by atoms with van der Waals surface area (Å²) in [7, 11) is 0. The molecule has 2 heterocycles. The number of fused-ring (bicyclic) bond motifs is 1. The van der Waals surface area contributed by atoms with Crippen LogP contribution in [0.5, 0.6) is 0 Å². The standard InChI is InChI=1S/C17H20FN3O/c1-12(2)21-11-19-15-7-8-20(10-16(15)21)17(22)9-13-3-5-14(18)6-4-13/h3-6,11-12H,7-10H2,1-2H3. The molecule has 2 aromatic rings. The number of nitrogens with zero attached hydrogens (tertiary/aromatic N) is 3. The zero-order valence-corrected chi connectivity index (χ0v) is 12.9. The summed E-state index contributed by atoms with van der Waals surface area (Å²) in [5.41, 5.74) is 3.07. The number of carbonyl (C=O) groups excluding carboxylic acids is 1. The zero-order valence-electron chi connectivity index (χ0n) is 12.9. The van der Waals surface area contributed by atoms with Crippen molar-refractivity contribution in [1.82, 2.24) is 14.5 Å². The van der Waals surface area contributed by atoms with E-state index in [1.807, 2.05) is 11.2 Å². The van der Waals surface area contributed by atoms with Gasteiger partial charge in [-0.25, -0.2) is 9.37 Å². The smallest absolute Gasteiger partial charge is 0.227 e. The Labute approximate surface area is 129 Å². The van der Waals surface area contributed by atoms with Gasteiger partial charge in [-0.3, -0.25) is 4.79 Å². The van der Waals surface area contributed by atoms with Gasteiger partial charge in [0.2, 0.25) is 5.91 Å². The molecule has 0 bridgehead atoms. The highest BCUT2D eigenvalue weighted by atomic mass is 19.1. The van der Waals surface area contributed by atoms with Gasteiger partial charge in [0.15, 0.2) is 0 Å².